The van der Waals surface area contributed by atoms with Gasteiger partial charge >= 0.3 is 0 Å². The van der Waals surface area contributed by atoms with Gasteiger partial charge in [-0.1, -0.05) is 31.2 Å². The maximum Gasteiger partial charge on any atom is 0.161 e. The lowest BCUT2D eigenvalue weighted by molar-refractivity contribution is -0.116. The van der Waals surface area contributed by atoms with Crippen LogP contribution in [0.3, 0.4) is 0 Å². The highest BCUT2D eigenvalue weighted by Crippen LogP contribution is 2.42. The molecular weight excluding hydrogens is 272 g/mol. The molecule has 0 saturated heterocycles. The van der Waals surface area contributed by atoms with E-state index in [1.165, 1.54) is 5.56 Å². The third kappa shape index (κ3) is 2.39. The van der Waals surface area contributed by atoms with Gasteiger partial charge in [0.15, 0.2) is 5.78 Å². The fourth-order valence-electron chi connectivity index (χ4n) is 3.49. The Kier molecular flexibility index (Phi) is 3.94. The zero-order valence-corrected chi connectivity index (χ0v) is 13.1. The number of aryl methyl sites for hydroxylation is 1. The van der Waals surface area contributed by atoms with Gasteiger partial charge in [-0.3, -0.25) is 9.79 Å². The summed E-state index contributed by atoms with van der Waals surface area (Å²) >= 11 is 0. The number of aliphatic imine (C=N–C) groups is 1. The topological polar surface area (TPSA) is 53.2 Å². The molecule has 0 bridgehead atoms. The van der Waals surface area contributed by atoms with Gasteiger partial charge in [-0.2, -0.15) is 5.26 Å². The highest BCUT2D eigenvalue weighted by Gasteiger charge is 2.38. The van der Waals surface area contributed by atoms with Gasteiger partial charge in [0.05, 0.1) is 12.0 Å². The Morgan fingerprint density at radius 2 is 2.00 bits per heavy atom. The number of carbonyl (C=O) groups is 1. The largest absolute Gasteiger partial charge is 0.294 e. The number of rotatable bonds is 2. The molecule has 1 heterocycles. The Morgan fingerprint density at radius 3 is 2.64 bits per heavy atom. The molecule has 3 nitrogen and oxygen atoms in total. The number of hydrogen-bond acceptors (Lipinski definition) is 3. The van der Waals surface area contributed by atoms with Crippen molar-refractivity contribution in [3.8, 4) is 6.07 Å². The lowest BCUT2D eigenvalue weighted by Gasteiger charge is -2.32. The maximum atomic E-state index is 12.5. The Labute approximate surface area is 131 Å². The van der Waals surface area contributed by atoms with Crippen molar-refractivity contribution >= 4 is 11.5 Å². The molecule has 3 rings (SSSR count). The fraction of sp³-hybridized carbons (Fsp3) is 0.421. The van der Waals surface area contributed by atoms with E-state index in [0.717, 1.165) is 41.8 Å². The predicted molar refractivity (Wildman–Crippen MR) is 86.7 cm³/mol. The number of nitriles is 1. The first kappa shape index (κ1) is 14.7. The van der Waals surface area contributed by atoms with Crippen molar-refractivity contribution in [2.24, 2.45) is 10.9 Å². The van der Waals surface area contributed by atoms with Crippen LogP contribution in [0.15, 0.2) is 40.5 Å². The normalized spacial score (nSPS) is 24.6. The summed E-state index contributed by atoms with van der Waals surface area (Å²) in [5.74, 6) is -0.327. The van der Waals surface area contributed by atoms with Crippen molar-refractivity contribution in [3.63, 3.8) is 0 Å². The molecular formula is C19H20N2O. The number of ketones is 1. The van der Waals surface area contributed by atoms with Crippen molar-refractivity contribution in [2.75, 3.05) is 0 Å². The molecule has 1 aliphatic heterocycles. The molecule has 0 N–H and O–H groups in total. The fourth-order valence-corrected chi connectivity index (χ4v) is 3.49. The summed E-state index contributed by atoms with van der Waals surface area (Å²) < 4.78 is 0. The van der Waals surface area contributed by atoms with Gasteiger partial charge < -0.3 is 0 Å². The summed E-state index contributed by atoms with van der Waals surface area (Å²) in [5, 5.41) is 9.61. The summed E-state index contributed by atoms with van der Waals surface area (Å²) in [7, 11) is 0. The van der Waals surface area contributed by atoms with Crippen molar-refractivity contribution in [1.29, 1.82) is 5.26 Å². The van der Waals surface area contributed by atoms with Crippen LogP contribution in [0, 0.1) is 17.2 Å². The molecule has 0 saturated carbocycles. The SMILES string of the molecule is CCc1ccc([C@H]2C3=C(CCCC3=O)N=C(C)C2C#N)cc1. The van der Waals surface area contributed by atoms with Crippen LogP contribution >= 0.6 is 0 Å². The van der Waals surface area contributed by atoms with E-state index in [-0.39, 0.29) is 17.6 Å². The first-order chi connectivity index (χ1) is 10.7. The second kappa shape index (κ2) is 5.88. The summed E-state index contributed by atoms with van der Waals surface area (Å²) in [4.78, 5) is 17.0. The van der Waals surface area contributed by atoms with Gasteiger partial charge in [-0.15, -0.1) is 0 Å². The van der Waals surface area contributed by atoms with Crippen molar-refractivity contribution in [1.82, 2.24) is 0 Å². The van der Waals surface area contributed by atoms with Crippen LogP contribution in [0.25, 0.3) is 0 Å². The summed E-state index contributed by atoms with van der Waals surface area (Å²) in [6.07, 6.45) is 3.28. The van der Waals surface area contributed by atoms with E-state index in [1.54, 1.807) is 0 Å². The van der Waals surface area contributed by atoms with Crippen LogP contribution in [-0.2, 0) is 11.2 Å². The summed E-state index contributed by atoms with van der Waals surface area (Å²) in [6, 6.07) is 10.7. The van der Waals surface area contributed by atoms with E-state index in [2.05, 4.69) is 42.3 Å². The minimum absolute atomic E-state index is 0.156. The summed E-state index contributed by atoms with van der Waals surface area (Å²) in [5.41, 5.74) is 4.85. The van der Waals surface area contributed by atoms with Gasteiger partial charge in [-0.25, -0.2) is 0 Å². The van der Waals surface area contributed by atoms with Gasteiger partial charge in [-0.05, 0) is 37.3 Å². The van der Waals surface area contributed by atoms with E-state index in [1.807, 2.05) is 6.92 Å². The molecule has 2 atom stereocenters. The number of allylic oxidation sites excluding steroid dienone is 2. The maximum absolute atomic E-state index is 12.5. The van der Waals surface area contributed by atoms with E-state index in [0.29, 0.717) is 6.42 Å². The molecule has 3 heteroatoms. The second-order valence-corrected chi connectivity index (χ2v) is 6.07. The van der Waals surface area contributed by atoms with Gasteiger partial charge in [0, 0.05) is 29.3 Å². The standard InChI is InChI=1S/C19H20N2O/c1-3-13-7-9-14(10-8-13)18-15(11-20)12(2)21-16-5-4-6-17(22)19(16)18/h7-10,15,18H,3-6H2,1-2H3/t15?,18-/m1/s1. The summed E-state index contributed by atoms with van der Waals surface area (Å²) in [6.45, 7) is 4.03. The quantitative estimate of drug-likeness (QED) is 0.828. The van der Waals surface area contributed by atoms with Crippen LogP contribution in [0.1, 0.15) is 50.2 Å². The van der Waals surface area contributed by atoms with Crippen molar-refractivity contribution < 1.29 is 4.79 Å². The average molecular weight is 292 g/mol. The minimum atomic E-state index is -0.340. The molecule has 2 aliphatic rings. The highest BCUT2D eigenvalue weighted by atomic mass is 16.1. The van der Waals surface area contributed by atoms with Gasteiger partial charge in [0.1, 0.15) is 0 Å². The Hall–Kier alpha value is -2.21. The number of Topliss-reactive ketones (excluding diaryl/α,β-unsaturated/α-hetero) is 1. The highest BCUT2D eigenvalue weighted by molar-refractivity contribution is 6.02. The van der Waals surface area contributed by atoms with E-state index in [4.69, 9.17) is 0 Å². The Balaban J connectivity index is 2.12. The lowest BCUT2D eigenvalue weighted by Crippen LogP contribution is -2.30. The predicted octanol–water partition coefficient (Wildman–Crippen LogP) is 3.95. The number of hydrogen-bond donors (Lipinski definition) is 0. The van der Waals surface area contributed by atoms with Gasteiger partial charge in [0.25, 0.3) is 0 Å². The lowest BCUT2D eigenvalue weighted by atomic mass is 9.72. The van der Waals surface area contributed by atoms with Gasteiger partial charge in [0.2, 0.25) is 0 Å². The molecule has 1 unspecified atom stereocenters. The molecule has 1 aliphatic carbocycles. The number of benzene rings is 1. The number of carbonyl (C=O) groups excluding carboxylic acids is 1. The van der Waals surface area contributed by atoms with E-state index < -0.39 is 0 Å². The molecule has 22 heavy (non-hydrogen) atoms. The van der Waals surface area contributed by atoms with Crippen molar-refractivity contribution in [3.05, 3.63) is 46.7 Å². The molecule has 0 spiro atoms. The van der Waals surface area contributed by atoms with Crippen LogP contribution < -0.4 is 0 Å². The Morgan fingerprint density at radius 1 is 1.27 bits per heavy atom. The molecule has 1 aromatic rings. The van der Waals surface area contributed by atoms with Crippen molar-refractivity contribution in [2.45, 2.75) is 45.4 Å². The van der Waals surface area contributed by atoms with Crippen LogP contribution in [0.4, 0.5) is 0 Å². The van der Waals surface area contributed by atoms with Crippen LogP contribution in [0.2, 0.25) is 0 Å². The first-order valence-corrected chi connectivity index (χ1v) is 7.95. The van der Waals surface area contributed by atoms with E-state index in [9.17, 15) is 10.1 Å². The molecule has 1 aromatic carbocycles. The van der Waals surface area contributed by atoms with E-state index >= 15 is 0 Å². The molecule has 0 aromatic heterocycles. The first-order valence-electron chi connectivity index (χ1n) is 7.95. The average Bonchev–Trinajstić information content (AvgIpc) is 2.54. The minimum Gasteiger partial charge on any atom is -0.294 e. The third-order valence-electron chi connectivity index (χ3n) is 4.72. The third-order valence-corrected chi connectivity index (χ3v) is 4.72. The van der Waals surface area contributed by atoms with Crippen LogP contribution in [-0.4, -0.2) is 11.5 Å². The molecule has 0 fully saturated rings. The zero-order valence-electron chi connectivity index (χ0n) is 13.1. The smallest absolute Gasteiger partial charge is 0.161 e. The molecule has 0 amide bonds. The number of nitrogens with zero attached hydrogens (tertiary/aromatic N) is 2. The molecule has 112 valence electrons. The monoisotopic (exact) mass is 292 g/mol. The molecule has 0 radical (unpaired) electrons. The second-order valence-electron chi connectivity index (χ2n) is 6.07. The Bertz CT molecular complexity index is 704. The zero-order chi connectivity index (χ0) is 15.7. The van der Waals surface area contributed by atoms with Crippen LogP contribution in [0.5, 0.6) is 0 Å².